The van der Waals surface area contributed by atoms with Crippen LogP contribution in [-0.2, 0) is 4.79 Å². The van der Waals surface area contributed by atoms with Crippen molar-refractivity contribution in [3.05, 3.63) is 103 Å². The zero-order valence-electron chi connectivity index (χ0n) is 18.3. The lowest BCUT2D eigenvalue weighted by molar-refractivity contribution is -0.384. The van der Waals surface area contributed by atoms with Crippen LogP contribution in [0.5, 0.6) is 0 Å². The number of halogens is 1. The van der Waals surface area contributed by atoms with Crippen LogP contribution in [0.4, 0.5) is 5.69 Å². The van der Waals surface area contributed by atoms with Gasteiger partial charge in [-0.15, -0.1) is 0 Å². The number of thioether (sulfide) groups is 1. The van der Waals surface area contributed by atoms with Gasteiger partial charge in [0, 0.05) is 16.6 Å². The number of non-ortho nitro benzene ring substituents is 1. The zero-order chi connectivity index (χ0) is 24.9. The number of rotatable bonds is 7. The van der Waals surface area contributed by atoms with Crippen molar-refractivity contribution in [1.29, 1.82) is 0 Å². The number of nitrogens with one attached hydrogen (secondary N) is 1. The Morgan fingerprint density at radius 2 is 1.80 bits per heavy atom. The highest BCUT2D eigenvalue weighted by atomic mass is 79.9. The lowest BCUT2D eigenvalue weighted by Crippen LogP contribution is -2.24. The summed E-state index contributed by atoms with van der Waals surface area (Å²) < 4.78 is 2.36. The molecule has 0 saturated heterocycles. The van der Waals surface area contributed by atoms with Crippen molar-refractivity contribution in [1.82, 2.24) is 15.0 Å². The summed E-state index contributed by atoms with van der Waals surface area (Å²) in [6.45, 7) is 1.69. The Labute approximate surface area is 212 Å². The number of fused-ring (bicyclic) bond motifs is 1. The third-order valence-electron chi connectivity index (χ3n) is 5.01. The van der Waals surface area contributed by atoms with Crippen LogP contribution in [0.3, 0.4) is 0 Å². The number of aromatic nitrogens is 2. The highest BCUT2D eigenvalue weighted by molar-refractivity contribution is 9.10. The van der Waals surface area contributed by atoms with Crippen LogP contribution in [0.25, 0.3) is 16.6 Å². The smallest absolute Gasteiger partial charge is 0.269 e. The van der Waals surface area contributed by atoms with Crippen LogP contribution >= 0.6 is 27.7 Å². The second-order valence-electron chi connectivity index (χ2n) is 7.35. The zero-order valence-corrected chi connectivity index (χ0v) is 20.7. The average Bonchev–Trinajstić information content (AvgIpc) is 2.87. The van der Waals surface area contributed by atoms with Crippen LogP contribution in [0, 0.1) is 10.1 Å². The summed E-state index contributed by atoms with van der Waals surface area (Å²) >= 11 is 4.52. The molecule has 0 bridgehead atoms. The van der Waals surface area contributed by atoms with Gasteiger partial charge in [0.25, 0.3) is 17.2 Å². The molecule has 1 amide bonds. The van der Waals surface area contributed by atoms with Crippen molar-refractivity contribution < 1.29 is 9.72 Å². The van der Waals surface area contributed by atoms with Crippen molar-refractivity contribution in [2.45, 2.75) is 12.1 Å². The van der Waals surface area contributed by atoms with Gasteiger partial charge in [-0.2, -0.15) is 5.10 Å². The predicted octanol–water partition coefficient (Wildman–Crippen LogP) is 4.69. The fourth-order valence-electron chi connectivity index (χ4n) is 3.22. The van der Waals surface area contributed by atoms with E-state index in [4.69, 9.17) is 0 Å². The molecule has 0 spiro atoms. The molecule has 0 saturated carbocycles. The second kappa shape index (κ2) is 10.6. The quantitative estimate of drug-likeness (QED) is 0.117. The average molecular weight is 552 g/mol. The molecule has 4 aromatic rings. The maximum absolute atomic E-state index is 13.3. The maximum atomic E-state index is 13.3. The van der Waals surface area contributed by atoms with Gasteiger partial charge in [-0.3, -0.25) is 24.3 Å². The summed E-state index contributed by atoms with van der Waals surface area (Å²) in [4.78, 5) is 40.7. The van der Waals surface area contributed by atoms with Crippen LogP contribution < -0.4 is 11.0 Å². The highest BCUT2D eigenvalue weighted by Gasteiger charge is 2.15. The molecule has 0 radical (unpaired) electrons. The summed E-state index contributed by atoms with van der Waals surface area (Å²) in [7, 11) is 0. The maximum Gasteiger partial charge on any atom is 0.269 e. The van der Waals surface area contributed by atoms with Gasteiger partial charge in [0.15, 0.2) is 5.16 Å². The molecule has 11 heteroatoms. The molecule has 35 heavy (non-hydrogen) atoms. The number of amides is 1. The van der Waals surface area contributed by atoms with E-state index in [-0.39, 0.29) is 22.9 Å². The number of nitrogens with zero attached hydrogens (tertiary/aromatic N) is 4. The first kappa shape index (κ1) is 24.3. The van der Waals surface area contributed by atoms with Crippen LogP contribution in [-0.4, -0.2) is 31.8 Å². The lowest BCUT2D eigenvalue weighted by Gasteiger charge is -2.13. The van der Waals surface area contributed by atoms with Gasteiger partial charge in [0.05, 0.1) is 33.0 Å². The van der Waals surface area contributed by atoms with Gasteiger partial charge in [0.2, 0.25) is 0 Å². The van der Waals surface area contributed by atoms with Gasteiger partial charge in [-0.05, 0) is 61.0 Å². The normalized spacial score (nSPS) is 11.4. The summed E-state index contributed by atoms with van der Waals surface area (Å²) in [5, 5.41) is 15.7. The van der Waals surface area contributed by atoms with Crippen molar-refractivity contribution in [3.8, 4) is 5.69 Å². The fraction of sp³-hybridized carbons (Fsp3) is 0.0833. The highest BCUT2D eigenvalue weighted by Crippen LogP contribution is 2.22. The SMILES string of the molecule is CC(=NNC(=O)CSc1nc2ccccc2c(=O)n1-c1ccc(Br)cc1)c1ccc([N+](=O)[O-])cc1. The Kier molecular flexibility index (Phi) is 7.37. The molecule has 9 nitrogen and oxygen atoms in total. The second-order valence-corrected chi connectivity index (χ2v) is 9.21. The van der Waals surface area contributed by atoms with Gasteiger partial charge in [0.1, 0.15) is 0 Å². The first-order valence-corrected chi connectivity index (χ1v) is 12.1. The molecule has 1 aromatic heterocycles. The number of carbonyl (C=O) groups excluding carboxylic acids is 1. The largest absolute Gasteiger partial charge is 0.272 e. The Morgan fingerprint density at radius 1 is 1.11 bits per heavy atom. The number of para-hydroxylation sites is 1. The molecule has 176 valence electrons. The van der Waals surface area contributed by atoms with Crippen LogP contribution in [0.2, 0.25) is 0 Å². The lowest BCUT2D eigenvalue weighted by atomic mass is 10.1. The topological polar surface area (TPSA) is 119 Å². The molecule has 4 rings (SSSR count). The number of benzene rings is 3. The summed E-state index contributed by atoms with van der Waals surface area (Å²) in [5.74, 6) is -0.417. The van der Waals surface area contributed by atoms with E-state index in [0.717, 1.165) is 16.2 Å². The minimum Gasteiger partial charge on any atom is -0.272 e. The van der Waals surface area contributed by atoms with Crippen LogP contribution in [0.15, 0.2) is 92.3 Å². The Balaban J connectivity index is 1.54. The van der Waals surface area contributed by atoms with E-state index in [1.807, 2.05) is 12.1 Å². The summed E-state index contributed by atoms with van der Waals surface area (Å²) in [6, 6.07) is 20.2. The van der Waals surface area contributed by atoms with Crippen molar-refractivity contribution in [3.63, 3.8) is 0 Å². The fourth-order valence-corrected chi connectivity index (χ4v) is 4.29. The summed E-state index contributed by atoms with van der Waals surface area (Å²) in [5.41, 5.74) is 4.54. The standard InChI is InChI=1S/C24H18BrN5O4S/c1-15(16-6-10-19(11-7-16)30(33)34)27-28-22(31)14-35-24-26-21-5-3-2-4-20(21)23(32)29(24)18-12-8-17(25)9-13-18/h2-13H,14H2,1H3,(H,28,31). The molecular weight excluding hydrogens is 534 g/mol. The molecule has 0 aliphatic rings. The first-order valence-electron chi connectivity index (χ1n) is 10.3. The molecular formula is C24H18BrN5O4S. The van der Waals surface area contributed by atoms with E-state index in [2.05, 4.69) is 31.4 Å². The number of carbonyl (C=O) groups is 1. The molecule has 0 fully saturated rings. The third-order valence-corrected chi connectivity index (χ3v) is 6.47. The van der Waals surface area contributed by atoms with Crippen LogP contribution in [0.1, 0.15) is 12.5 Å². The first-order chi connectivity index (χ1) is 16.8. The Morgan fingerprint density at radius 3 is 2.49 bits per heavy atom. The number of hydrazone groups is 1. The molecule has 1 heterocycles. The van der Waals surface area contributed by atoms with E-state index in [1.165, 1.54) is 16.7 Å². The predicted molar refractivity (Wildman–Crippen MR) is 139 cm³/mol. The van der Waals surface area contributed by atoms with Gasteiger partial charge in [-0.25, -0.2) is 10.4 Å². The van der Waals surface area contributed by atoms with Gasteiger partial charge < -0.3 is 0 Å². The minimum atomic E-state index is -0.482. The molecule has 0 atom stereocenters. The number of nitro benzene ring substituents is 1. The van der Waals surface area contributed by atoms with Crippen molar-refractivity contribution in [2.24, 2.45) is 5.10 Å². The molecule has 0 aliphatic carbocycles. The summed E-state index contributed by atoms with van der Waals surface area (Å²) in [6.07, 6.45) is 0. The van der Waals surface area contributed by atoms with E-state index < -0.39 is 4.92 Å². The molecule has 1 N–H and O–H groups in total. The molecule has 3 aromatic carbocycles. The monoisotopic (exact) mass is 551 g/mol. The minimum absolute atomic E-state index is 0.0262. The third kappa shape index (κ3) is 5.64. The molecule has 0 aliphatic heterocycles. The van der Waals surface area contributed by atoms with E-state index >= 15 is 0 Å². The van der Waals surface area contributed by atoms with Crippen molar-refractivity contribution in [2.75, 3.05) is 5.75 Å². The van der Waals surface area contributed by atoms with E-state index in [9.17, 15) is 19.7 Å². The van der Waals surface area contributed by atoms with Crippen molar-refractivity contribution >= 4 is 55.9 Å². The number of nitro groups is 1. The van der Waals surface area contributed by atoms with Gasteiger partial charge in [-0.1, -0.05) is 39.8 Å². The van der Waals surface area contributed by atoms with Gasteiger partial charge >= 0.3 is 0 Å². The molecule has 0 unspecified atom stereocenters. The Bertz CT molecular complexity index is 1500. The number of hydrogen-bond donors (Lipinski definition) is 1. The van der Waals surface area contributed by atoms with E-state index in [1.54, 1.807) is 55.5 Å². The number of hydrogen-bond acceptors (Lipinski definition) is 7. The van der Waals surface area contributed by atoms with E-state index in [0.29, 0.717) is 33.0 Å². The Hall–Kier alpha value is -3.83.